The van der Waals surface area contributed by atoms with Crippen molar-refractivity contribution in [2.45, 2.75) is 39.2 Å². The van der Waals surface area contributed by atoms with Crippen LogP contribution in [0.2, 0.25) is 0 Å². The molecule has 2 aliphatic carbocycles. The fourth-order valence-electron chi connectivity index (χ4n) is 5.69. The third-order valence-electron chi connectivity index (χ3n) is 7.13. The molecule has 2 saturated carbocycles. The highest BCUT2D eigenvalue weighted by molar-refractivity contribution is 6.08. The van der Waals surface area contributed by atoms with Crippen LogP contribution in [0.15, 0.2) is 18.2 Å². The lowest BCUT2D eigenvalue weighted by atomic mass is 9.81. The number of nitro benzene ring substituents is 1. The first-order valence-corrected chi connectivity index (χ1v) is 11.3. The molecule has 0 spiro atoms. The van der Waals surface area contributed by atoms with Crippen molar-refractivity contribution in [2.75, 3.05) is 19.0 Å². The maximum Gasteiger partial charge on any atom is 0.330 e. The largest absolute Gasteiger partial charge is 0.497 e. The van der Waals surface area contributed by atoms with E-state index in [1.54, 1.807) is 13.8 Å². The Labute approximate surface area is 195 Å². The summed E-state index contributed by atoms with van der Waals surface area (Å²) >= 11 is 0. The number of nitrogens with zero attached hydrogens (tertiary/aromatic N) is 2. The number of carbonyl (C=O) groups excluding carboxylic acids is 4. The summed E-state index contributed by atoms with van der Waals surface area (Å²) in [4.78, 5) is 63.2. The molecule has 3 fully saturated rings. The molecule has 5 atom stereocenters. The van der Waals surface area contributed by atoms with Crippen molar-refractivity contribution < 1.29 is 33.6 Å². The molecule has 34 heavy (non-hydrogen) atoms. The SMILES string of the molecule is COc1ccc([N+](=O)[O-])c(NC(=O)COC(=O)[C@H](C(C)C)N2C(=O)[C@H]3[C@H]4CC[C@@H](C4)[C@@H]3C2=O)c1. The zero-order valence-corrected chi connectivity index (χ0v) is 19.2. The highest BCUT2D eigenvalue weighted by Gasteiger charge is 2.62. The molecule has 182 valence electrons. The topological polar surface area (TPSA) is 145 Å². The minimum absolute atomic E-state index is 0.112. The number of ether oxygens (including phenoxy) is 2. The first-order chi connectivity index (χ1) is 16.1. The first kappa shape index (κ1) is 23.7. The van der Waals surface area contributed by atoms with Crippen LogP contribution in [0.3, 0.4) is 0 Å². The predicted molar refractivity (Wildman–Crippen MR) is 118 cm³/mol. The van der Waals surface area contributed by atoms with E-state index in [-0.39, 0.29) is 46.9 Å². The zero-order chi connectivity index (χ0) is 24.7. The third kappa shape index (κ3) is 3.99. The molecule has 11 nitrogen and oxygen atoms in total. The number of anilines is 1. The van der Waals surface area contributed by atoms with E-state index >= 15 is 0 Å². The van der Waals surface area contributed by atoms with Crippen molar-refractivity contribution in [1.82, 2.24) is 4.90 Å². The van der Waals surface area contributed by atoms with Crippen LogP contribution in [0, 0.1) is 39.7 Å². The van der Waals surface area contributed by atoms with Gasteiger partial charge in [-0.25, -0.2) is 4.79 Å². The van der Waals surface area contributed by atoms with E-state index in [0.717, 1.165) is 24.2 Å². The van der Waals surface area contributed by atoms with Gasteiger partial charge in [0.2, 0.25) is 11.8 Å². The molecule has 1 aliphatic heterocycles. The van der Waals surface area contributed by atoms with Crippen molar-refractivity contribution >= 4 is 35.1 Å². The Morgan fingerprint density at radius 1 is 1.18 bits per heavy atom. The lowest BCUT2D eigenvalue weighted by molar-refractivity contribution is -0.383. The van der Waals surface area contributed by atoms with Gasteiger partial charge in [-0.15, -0.1) is 0 Å². The highest BCUT2D eigenvalue weighted by Crippen LogP contribution is 2.56. The van der Waals surface area contributed by atoms with Crippen LogP contribution in [0.25, 0.3) is 0 Å². The third-order valence-corrected chi connectivity index (χ3v) is 7.13. The molecule has 11 heteroatoms. The molecule has 0 aromatic heterocycles. The summed E-state index contributed by atoms with van der Waals surface area (Å²) in [5.41, 5.74) is -0.464. The van der Waals surface area contributed by atoms with Crippen LogP contribution in [0.4, 0.5) is 11.4 Å². The summed E-state index contributed by atoms with van der Waals surface area (Å²) in [5.74, 6) is -2.80. The minimum atomic E-state index is -1.14. The quantitative estimate of drug-likeness (QED) is 0.262. The van der Waals surface area contributed by atoms with Crippen molar-refractivity contribution in [1.29, 1.82) is 0 Å². The van der Waals surface area contributed by atoms with Gasteiger partial charge >= 0.3 is 5.97 Å². The van der Waals surface area contributed by atoms with E-state index in [2.05, 4.69) is 5.32 Å². The Balaban J connectivity index is 1.43. The number of nitro groups is 1. The Morgan fingerprint density at radius 3 is 2.32 bits per heavy atom. The second-order valence-electron chi connectivity index (χ2n) is 9.42. The van der Waals surface area contributed by atoms with Crippen molar-refractivity contribution in [3.8, 4) is 5.75 Å². The second-order valence-corrected chi connectivity index (χ2v) is 9.42. The maximum atomic E-state index is 13.1. The summed E-state index contributed by atoms with van der Waals surface area (Å²) in [6.45, 7) is 2.68. The van der Waals surface area contributed by atoms with Crippen LogP contribution in [-0.2, 0) is 23.9 Å². The monoisotopic (exact) mass is 473 g/mol. The Bertz CT molecular complexity index is 1030. The Hall–Kier alpha value is -3.50. The first-order valence-electron chi connectivity index (χ1n) is 11.3. The van der Waals surface area contributed by atoms with Gasteiger partial charge in [-0.2, -0.15) is 0 Å². The number of hydrogen-bond acceptors (Lipinski definition) is 8. The van der Waals surface area contributed by atoms with Crippen molar-refractivity contribution in [2.24, 2.45) is 29.6 Å². The second kappa shape index (κ2) is 9.03. The predicted octanol–water partition coefficient (Wildman–Crippen LogP) is 2.14. The highest BCUT2D eigenvalue weighted by atomic mass is 16.6. The van der Waals surface area contributed by atoms with Gasteiger partial charge in [0, 0.05) is 12.1 Å². The van der Waals surface area contributed by atoms with Crippen LogP contribution in [-0.4, -0.2) is 53.3 Å². The number of amides is 3. The molecule has 3 amide bonds. The summed E-state index contributed by atoms with van der Waals surface area (Å²) in [6.07, 6.45) is 2.73. The number of carbonyl (C=O) groups is 4. The lowest BCUT2D eigenvalue weighted by Gasteiger charge is -2.28. The van der Waals surface area contributed by atoms with Gasteiger partial charge < -0.3 is 14.8 Å². The summed E-state index contributed by atoms with van der Waals surface area (Å²) < 4.78 is 10.2. The molecule has 1 heterocycles. The normalized spacial score (nSPS) is 25.9. The van der Waals surface area contributed by atoms with E-state index in [4.69, 9.17) is 9.47 Å². The van der Waals surface area contributed by atoms with Gasteiger partial charge in [-0.3, -0.25) is 29.4 Å². The van der Waals surface area contributed by atoms with Crippen LogP contribution >= 0.6 is 0 Å². The number of nitrogens with one attached hydrogen (secondary N) is 1. The Kier molecular flexibility index (Phi) is 6.28. The number of fused-ring (bicyclic) bond motifs is 5. The van der Waals surface area contributed by atoms with Crippen molar-refractivity contribution in [3.05, 3.63) is 28.3 Å². The van der Waals surface area contributed by atoms with Gasteiger partial charge in [0.15, 0.2) is 6.61 Å². The molecular formula is C23H27N3O8. The average molecular weight is 473 g/mol. The smallest absolute Gasteiger partial charge is 0.330 e. The number of likely N-dealkylation sites (tertiary alicyclic amines) is 1. The van der Waals surface area contributed by atoms with Crippen LogP contribution in [0.1, 0.15) is 33.1 Å². The van der Waals surface area contributed by atoms with Gasteiger partial charge in [0.25, 0.3) is 11.6 Å². The molecule has 0 unspecified atom stereocenters. The number of benzene rings is 1. The number of rotatable bonds is 8. The zero-order valence-electron chi connectivity index (χ0n) is 19.2. The summed E-state index contributed by atoms with van der Waals surface area (Å²) in [7, 11) is 1.38. The minimum Gasteiger partial charge on any atom is -0.497 e. The Morgan fingerprint density at radius 2 is 1.79 bits per heavy atom. The van der Waals surface area contributed by atoms with Gasteiger partial charge in [0.1, 0.15) is 17.5 Å². The van der Waals surface area contributed by atoms with E-state index in [1.165, 1.54) is 25.3 Å². The summed E-state index contributed by atoms with van der Waals surface area (Å²) in [5, 5.41) is 13.6. The molecule has 4 rings (SSSR count). The molecular weight excluding hydrogens is 446 g/mol. The number of esters is 1. The maximum absolute atomic E-state index is 13.1. The van der Waals surface area contributed by atoms with E-state index in [1.807, 2.05) is 0 Å². The molecule has 0 radical (unpaired) electrons. The van der Waals surface area contributed by atoms with Gasteiger partial charge in [0.05, 0.1) is 23.9 Å². The van der Waals surface area contributed by atoms with Crippen molar-refractivity contribution in [3.63, 3.8) is 0 Å². The van der Waals surface area contributed by atoms with Gasteiger partial charge in [-0.1, -0.05) is 13.8 Å². The van der Waals surface area contributed by atoms with E-state index in [0.29, 0.717) is 5.75 Å². The van der Waals surface area contributed by atoms with Crippen LogP contribution in [0.5, 0.6) is 5.75 Å². The fraction of sp³-hybridized carbons (Fsp3) is 0.565. The molecule has 2 bridgehead atoms. The van der Waals surface area contributed by atoms with Crippen LogP contribution < -0.4 is 10.1 Å². The standard InChI is InChI=1S/C23H27N3O8/c1-11(2)20(25-21(28)18-12-4-5-13(8-12)19(18)22(25)29)23(30)34-10-17(27)24-15-9-14(33-3)6-7-16(15)26(31)32/h6-7,9,11-13,18-20H,4-5,8,10H2,1-3H3,(H,24,27)/t12-,13-,18-,19-,20-/m0/s1. The van der Waals surface area contributed by atoms with E-state index < -0.39 is 35.4 Å². The number of imide groups is 1. The molecule has 1 saturated heterocycles. The van der Waals surface area contributed by atoms with Gasteiger partial charge in [-0.05, 0) is 43.1 Å². The van der Waals surface area contributed by atoms with E-state index in [9.17, 15) is 29.3 Å². The molecule has 1 N–H and O–H groups in total. The lowest BCUT2D eigenvalue weighted by Crippen LogP contribution is -2.50. The molecule has 3 aliphatic rings. The number of hydrogen-bond donors (Lipinski definition) is 1. The molecule has 1 aromatic rings. The summed E-state index contributed by atoms with van der Waals surface area (Å²) in [6, 6.07) is 2.71. The number of methoxy groups -OCH3 is 1. The average Bonchev–Trinajstić information content (AvgIpc) is 3.47. The molecule has 1 aromatic carbocycles. The fourth-order valence-corrected chi connectivity index (χ4v) is 5.69.